The van der Waals surface area contributed by atoms with E-state index in [4.69, 9.17) is 24.7 Å². The van der Waals surface area contributed by atoms with Crippen molar-refractivity contribution in [3.8, 4) is 79.2 Å². The van der Waals surface area contributed by atoms with Gasteiger partial charge in [-0.3, -0.25) is 9.97 Å². The van der Waals surface area contributed by atoms with Crippen LogP contribution in [-0.2, 0) is 5.41 Å². The third-order valence-electron chi connectivity index (χ3n) is 10.9. The van der Waals surface area contributed by atoms with E-state index in [-0.39, 0.29) is 0 Å². The van der Waals surface area contributed by atoms with Crippen LogP contribution in [0.1, 0.15) is 22.3 Å². The normalized spacial score (nSPS) is 12.9. The first-order valence-corrected chi connectivity index (χ1v) is 18.7. The number of pyridine rings is 3. The van der Waals surface area contributed by atoms with E-state index in [1.807, 2.05) is 79.0 Å². The maximum Gasteiger partial charge on any atom is 0.159 e. The quantitative estimate of drug-likeness (QED) is 0.176. The van der Waals surface area contributed by atoms with Gasteiger partial charge in [0.05, 0.1) is 33.9 Å². The molecule has 2 aliphatic rings. The smallest absolute Gasteiger partial charge is 0.159 e. The molecule has 5 heterocycles. The highest BCUT2D eigenvalue weighted by molar-refractivity contribution is 5.92. The van der Waals surface area contributed by atoms with Gasteiger partial charge >= 0.3 is 0 Å². The van der Waals surface area contributed by atoms with Crippen molar-refractivity contribution in [3.05, 3.63) is 211 Å². The van der Waals surface area contributed by atoms with Crippen molar-refractivity contribution in [2.24, 2.45) is 0 Å². The van der Waals surface area contributed by atoms with Crippen molar-refractivity contribution < 1.29 is 4.74 Å². The highest BCUT2D eigenvalue weighted by atomic mass is 16.5. The predicted molar refractivity (Wildman–Crippen MR) is 220 cm³/mol. The molecule has 0 N–H and O–H groups in total. The van der Waals surface area contributed by atoms with Crippen LogP contribution in [0.3, 0.4) is 0 Å². The lowest BCUT2D eigenvalue weighted by Gasteiger charge is -2.40. The van der Waals surface area contributed by atoms with Crippen LogP contribution in [0.4, 0.5) is 0 Å². The fraction of sp³-hybridized carbons (Fsp3) is 0.0200. The van der Waals surface area contributed by atoms with Crippen molar-refractivity contribution in [1.82, 2.24) is 24.9 Å². The Morgan fingerprint density at radius 3 is 1.50 bits per heavy atom. The van der Waals surface area contributed by atoms with Crippen LogP contribution >= 0.6 is 0 Å². The standard InChI is InChI=1S/C50H31N5O/c1-2-14-32(15-3-1)49-53-29-26-42(55-49)37-19-13-23-41-48(37)56-47-34(33-30-45(43-24-8-10-27-51-43)54-46(31-33)44-25-9-11-28-52-44)18-12-22-40(47)50(41)38-20-6-4-16-35(38)36-17-5-7-21-39(36)50/h1-31H. The molecule has 0 atom stereocenters. The van der Waals surface area contributed by atoms with E-state index in [1.165, 1.54) is 22.3 Å². The van der Waals surface area contributed by atoms with E-state index in [0.29, 0.717) is 5.82 Å². The SMILES string of the molecule is c1ccc(-c2nccc(-c3cccc4c3Oc3c(-c5cc(-c6ccccn6)nc(-c6ccccn6)c5)cccc3C43c4ccccc4-c4ccccc43)n2)cc1. The second-order valence-electron chi connectivity index (χ2n) is 14.0. The number of rotatable bonds is 5. The summed E-state index contributed by atoms with van der Waals surface area (Å²) in [4.78, 5) is 24.3. The molecule has 0 radical (unpaired) electrons. The van der Waals surface area contributed by atoms with Crippen molar-refractivity contribution in [3.63, 3.8) is 0 Å². The van der Waals surface area contributed by atoms with Crippen LogP contribution in [0, 0.1) is 0 Å². The molecule has 6 nitrogen and oxygen atoms in total. The second-order valence-corrected chi connectivity index (χ2v) is 14.0. The van der Waals surface area contributed by atoms with Gasteiger partial charge in [0.1, 0.15) is 11.5 Å². The van der Waals surface area contributed by atoms with E-state index >= 15 is 0 Å². The topological polar surface area (TPSA) is 73.7 Å². The highest BCUT2D eigenvalue weighted by Crippen LogP contribution is 2.64. The maximum atomic E-state index is 7.39. The lowest BCUT2D eigenvalue weighted by molar-refractivity contribution is 0.439. The van der Waals surface area contributed by atoms with Gasteiger partial charge in [0, 0.05) is 46.4 Å². The maximum absolute atomic E-state index is 7.39. The largest absolute Gasteiger partial charge is 0.455 e. The predicted octanol–water partition coefficient (Wildman–Crippen LogP) is 11.5. The number of para-hydroxylation sites is 2. The van der Waals surface area contributed by atoms with E-state index in [1.54, 1.807) is 12.4 Å². The molecule has 9 aromatic rings. The van der Waals surface area contributed by atoms with Crippen LogP contribution < -0.4 is 4.74 Å². The monoisotopic (exact) mass is 717 g/mol. The van der Waals surface area contributed by atoms with Gasteiger partial charge in [0.2, 0.25) is 0 Å². The first-order valence-electron chi connectivity index (χ1n) is 18.7. The summed E-state index contributed by atoms with van der Waals surface area (Å²) in [7, 11) is 0. The Hall–Kier alpha value is -7.57. The van der Waals surface area contributed by atoms with Crippen LogP contribution in [0.25, 0.3) is 67.7 Å². The average Bonchev–Trinajstić information content (AvgIpc) is 3.57. The highest BCUT2D eigenvalue weighted by Gasteiger charge is 2.52. The molecule has 56 heavy (non-hydrogen) atoms. The molecule has 1 spiro atoms. The van der Waals surface area contributed by atoms with E-state index in [0.717, 1.165) is 73.3 Å². The van der Waals surface area contributed by atoms with Gasteiger partial charge in [-0.2, -0.15) is 0 Å². The molecule has 5 aromatic carbocycles. The van der Waals surface area contributed by atoms with Gasteiger partial charge in [-0.05, 0) is 76.3 Å². The molecule has 0 bridgehead atoms. The van der Waals surface area contributed by atoms with E-state index < -0.39 is 5.41 Å². The molecule has 1 aliphatic carbocycles. The number of hydrogen-bond acceptors (Lipinski definition) is 6. The fourth-order valence-corrected chi connectivity index (χ4v) is 8.59. The molecule has 11 rings (SSSR count). The average molecular weight is 718 g/mol. The molecule has 6 heteroatoms. The Balaban J connectivity index is 1.21. The molecule has 4 aromatic heterocycles. The first kappa shape index (κ1) is 31.9. The minimum atomic E-state index is -0.682. The van der Waals surface area contributed by atoms with Crippen molar-refractivity contribution >= 4 is 0 Å². The summed E-state index contributed by atoms with van der Waals surface area (Å²) in [5.74, 6) is 2.20. The zero-order chi connectivity index (χ0) is 37.1. The third-order valence-corrected chi connectivity index (χ3v) is 10.9. The molecule has 262 valence electrons. The Morgan fingerprint density at radius 2 is 0.875 bits per heavy atom. The number of ether oxygens (including phenoxy) is 1. The Bertz CT molecular complexity index is 2850. The molecule has 0 saturated carbocycles. The summed E-state index contributed by atoms with van der Waals surface area (Å²) in [6, 6.07) is 58.6. The van der Waals surface area contributed by atoms with Crippen molar-refractivity contribution in [2.75, 3.05) is 0 Å². The second kappa shape index (κ2) is 12.8. The molecule has 0 amide bonds. The molecule has 0 unspecified atom stereocenters. The summed E-state index contributed by atoms with van der Waals surface area (Å²) in [6.45, 7) is 0. The summed E-state index contributed by atoms with van der Waals surface area (Å²) >= 11 is 0. The summed E-state index contributed by atoms with van der Waals surface area (Å²) in [5.41, 5.74) is 13.9. The van der Waals surface area contributed by atoms with Crippen LogP contribution in [0.2, 0.25) is 0 Å². The number of aromatic nitrogens is 5. The van der Waals surface area contributed by atoms with Crippen LogP contribution in [0.5, 0.6) is 11.5 Å². The Labute approximate surface area is 323 Å². The number of nitrogens with zero attached hydrogens (tertiary/aromatic N) is 5. The summed E-state index contributed by atoms with van der Waals surface area (Å²) < 4.78 is 7.39. The van der Waals surface area contributed by atoms with Crippen molar-refractivity contribution in [1.29, 1.82) is 0 Å². The van der Waals surface area contributed by atoms with E-state index in [2.05, 4.69) is 102 Å². The zero-order valence-corrected chi connectivity index (χ0v) is 30.0. The summed E-state index contributed by atoms with van der Waals surface area (Å²) in [5, 5.41) is 0. The third kappa shape index (κ3) is 4.86. The zero-order valence-electron chi connectivity index (χ0n) is 30.0. The molecular formula is C50H31N5O. The number of fused-ring (bicyclic) bond motifs is 9. The van der Waals surface area contributed by atoms with Crippen LogP contribution in [-0.4, -0.2) is 24.9 Å². The van der Waals surface area contributed by atoms with Gasteiger partial charge in [0.25, 0.3) is 0 Å². The molecular weight excluding hydrogens is 687 g/mol. The minimum Gasteiger partial charge on any atom is -0.455 e. The molecule has 0 fully saturated rings. The van der Waals surface area contributed by atoms with Crippen LogP contribution in [0.15, 0.2) is 188 Å². The van der Waals surface area contributed by atoms with Crippen molar-refractivity contribution in [2.45, 2.75) is 5.41 Å². The first-order chi connectivity index (χ1) is 27.8. The Kier molecular flexibility index (Phi) is 7.29. The van der Waals surface area contributed by atoms with E-state index in [9.17, 15) is 0 Å². The summed E-state index contributed by atoms with van der Waals surface area (Å²) in [6.07, 6.45) is 5.42. The van der Waals surface area contributed by atoms with Gasteiger partial charge < -0.3 is 4.74 Å². The number of hydrogen-bond donors (Lipinski definition) is 0. The van der Waals surface area contributed by atoms with Gasteiger partial charge in [-0.15, -0.1) is 0 Å². The molecule has 0 saturated heterocycles. The lowest BCUT2D eigenvalue weighted by Crippen LogP contribution is -2.32. The Morgan fingerprint density at radius 1 is 0.339 bits per heavy atom. The van der Waals surface area contributed by atoms with Gasteiger partial charge in [0.15, 0.2) is 5.82 Å². The number of benzene rings is 5. The van der Waals surface area contributed by atoms with Gasteiger partial charge in [-0.25, -0.2) is 15.0 Å². The fourth-order valence-electron chi connectivity index (χ4n) is 8.59. The molecule has 1 aliphatic heterocycles. The lowest BCUT2D eigenvalue weighted by atomic mass is 9.65. The minimum absolute atomic E-state index is 0.657. The van der Waals surface area contributed by atoms with Gasteiger partial charge in [-0.1, -0.05) is 121 Å².